The monoisotopic (exact) mass is 263 g/mol. The van der Waals surface area contributed by atoms with Crippen molar-refractivity contribution in [3.05, 3.63) is 24.3 Å². The summed E-state index contributed by atoms with van der Waals surface area (Å²) in [6.07, 6.45) is 10.8. The minimum atomic E-state index is 0.278. The average molecular weight is 263 g/mol. The molecule has 0 spiro atoms. The third-order valence-electron chi connectivity index (χ3n) is 1.76. The molecule has 1 nitrogen and oxygen atoms in total. The van der Waals surface area contributed by atoms with Crippen molar-refractivity contribution in [2.75, 3.05) is 0 Å². The van der Waals surface area contributed by atoms with E-state index in [2.05, 4.69) is 53.8 Å². The lowest BCUT2D eigenvalue weighted by Gasteiger charge is -2.25. The minimum absolute atomic E-state index is 0.278. The highest BCUT2D eigenvalue weighted by Crippen LogP contribution is 2.32. The molecule has 1 rings (SSSR count). The molecule has 1 aliphatic rings. The zero-order valence-corrected chi connectivity index (χ0v) is 8.91. The number of nitrogens with two attached hydrogens (primary N) is 1. The van der Waals surface area contributed by atoms with Crippen LogP contribution in [0.5, 0.6) is 0 Å². The lowest BCUT2D eigenvalue weighted by atomic mass is 9.94. The lowest BCUT2D eigenvalue weighted by Crippen LogP contribution is -2.28. The fourth-order valence-electron chi connectivity index (χ4n) is 1.33. The second-order valence-corrected chi connectivity index (χ2v) is 5.36. The van der Waals surface area contributed by atoms with Gasteiger partial charge in [0.05, 0.1) is 0 Å². The molecule has 0 saturated carbocycles. The molecule has 0 radical (unpaired) electrons. The first kappa shape index (κ1) is 9.26. The second kappa shape index (κ2) is 3.72. The van der Waals surface area contributed by atoms with Gasteiger partial charge in [-0.15, -0.1) is 0 Å². The molecule has 0 fully saturated rings. The predicted molar refractivity (Wildman–Crippen MR) is 57.9 cm³/mol. The van der Waals surface area contributed by atoms with Gasteiger partial charge in [-0.3, -0.25) is 0 Å². The molecule has 0 aromatic rings. The zero-order chi connectivity index (χ0) is 8.32. The van der Waals surface area contributed by atoms with Crippen LogP contribution in [0.25, 0.3) is 0 Å². The van der Waals surface area contributed by atoms with Crippen LogP contribution in [0.3, 0.4) is 0 Å². The molecule has 1 aliphatic carbocycles. The summed E-state index contributed by atoms with van der Waals surface area (Å²) >= 11 is 2.49. The van der Waals surface area contributed by atoms with E-state index in [-0.39, 0.29) is 3.42 Å². The van der Waals surface area contributed by atoms with Crippen molar-refractivity contribution in [3.8, 4) is 0 Å². The molecule has 2 heteroatoms. The van der Waals surface area contributed by atoms with Crippen molar-refractivity contribution in [1.29, 1.82) is 0 Å². The van der Waals surface area contributed by atoms with Gasteiger partial charge in [-0.05, 0) is 19.8 Å². The maximum atomic E-state index is 5.75. The van der Waals surface area contributed by atoms with Crippen LogP contribution in [0, 0.1) is 0 Å². The summed E-state index contributed by atoms with van der Waals surface area (Å²) in [7, 11) is 0. The van der Waals surface area contributed by atoms with Crippen LogP contribution in [0.2, 0.25) is 0 Å². The molecule has 0 aliphatic heterocycles. The molecule has 0 bridgehead atoms. The Morgan fingerprint density at radius 3 is 2.82 bits per heavy atom. The Labute approximate surface area is 81.9 Å². The summed E-state index contributed by atoms with van der Waals surface area (Å²) < 4.78 is 0.278. The SMILES string of the molecule is CC(N)CC1(I)C=CC=CC1. The Morgan fingerprint density at radius 1 is 1.64 bits per heavy atom. The van der Waals surface area contributed by atoms with E-state index in [1.54, 1.807) is 0 Å². The third-order valence-corrected chi connectivity index (χ3v) is 3.00. The first-order valence-corrected chi connectivity index (χ1v) is 4.99. The molecule has 0 amide bonds. The van der Waals surface area contributed by atoms with E-state index in [4.69, 9.17) is 5.73 Å². The van der Waals surface area contributed by atoms with Crippen LogP contribution >= 0.6 is 22.6 Å². The summed E-state index contributed by atoms with van der Waals surface area (Å²) in [5.41, 5.74) is 5.75. The molecule has 0 aromatic carbocycles. The smallest absolute Gasteiger partial charge is 0.0453 e. The first-order valence-electron chi connectivity index (χ1n) is 3.91. The number of halogens is 1. The molecular weight excluding hydrogens is 249 g/mol. The number of rotatable bonds is 2. The van der Waals surface area contributed by atoms with E-state index in [9.17, 15) is 0 Å². The average Bonchev–Trinajstić information content (AvgIpc) is 1.85. The van der Waals surface area contributed by atoms with Gasteiger partial charge in [0, 0.05) is 9.46 Å². The van der Waals surface area contributed by atoms with Gasteiger partial charge in [-0.2, -0.15) is 0 Å². The van der Waals surface area contributed by atoms with E-state index >= 15 is 0 Å². The minimum Gasteiger partial charge on any atom is -0.328 e. The van der Waals surface area contributed by atoms with Crippen LogP contribution < -0.4 is 5.73 Å². The summed E-state index contributed by atoms with van der Waals surface area (Å²) in [6, 6.07) is 0.294. The standard InChI is InChI=1S/C9H14IN/c1-8(11)7-9(10)5-3-2-4-6-9/h2-5,8H,6-7,11H2,1H3. The molecule has 0 heterocycles. The summed E-state index contributed by atoms with van der Waals surface area (Å²) in [6.45, 7) is 2.06. The highest BCUT2D eigenvalue weighted by molar-refractivity contribution is 14.1. The van der Waals surface area contributed by atoms with Crippen molar-refractivity contribution in [2.45, 2.75) is 29.2 Å². The molecule has 0 saturated heterocycles. The van der Waals surface area contributed by atoms with Crippen LogP contribution in [0.15, 0.2) is 24.3 Å². The van der Waals surface area contributed by atoms with Crippen LogP contribution in [0.4, 0.5) is 0 Å². The molecule has 0 aromatic heterocycles. The molecule has 62 valence electrons. The van der Waals surface area contributed by atoms with Gasteiger partial charge in [0.15, 0.2) is 0 Å². The Bertz CT molecular complexity index is 184. The predicted octanol–water partition coefficient (Wildman–Crippen LogP) is 2.41. The molecule has 2 atom stereocenters. The van der Waals surface area contributed by atoms with Crippen LogP contribution in [-0.4, -0.2) is 9.46 Å². The van der Waals surface area contributed by atoms with E-state index in [0.717, 1.165) is 12.8 Å². The van der Waals surface area contributed by atoms with Crippen molar-refractivity contribution in [2.24, 2.45) is 5.73 Å². The van der Waals surface area contributed by atoms with Gasteiger partial charge < -0.3 is 5.73 Å². The second-order valence-electron chi connectivity index (χ2n) is 3.21. The fraction of sp³-hybridized carbons (Fsp3) is 0.556. The van der Waals surface area contributed by atoms with Gasteiger partial charge in [0.1, 0.15) is 0 Å². The summed E-state index contributed by atoms with van der Waals surface area (Å²) in [4.78, 5) is 0. The van der Waals surface area contributed by atoms with Gasteiger partial charge >= 0.3 is 0 Å². The Hall–Kier alpha value is 0.170. The maximum absolute atomic E-state index is 5.75. The zero-order valence-electron chi connectivity index (χ0n) is 6.76. The van der Waals surface area contributed by atoms with Gasteiger partial charge in [0.25, 0.3) is 0 Å². The van der Waals surface area contributed by atoms with Crippen molar-refractivity contribution in [1.82, 2.24) is 0 Å². The van der Waals surface area contributed by atoms with E-state index < -0.39 is 0 Å². The van der Waals surface area contributed by atoms with Crippen molar-refractivity contribution in [3.63, 3.8) is 0 Å². The first-order chi connectivity index (χ1) is 5.12. The maximum Gasteiger partial charge on any atom is 0.0453 e. The van der Waals surface area contributed by atoms with Crippen LogP contribution in [0.1, 0.15) is 19.8 Å². The Balaban J connectivity index is 2.54. The van der Waals surface area contributed by atoms with Crippen LogP contribution in [-0.2, 0) is 0 Å². The topological polar surface area (TPSA) is 26.0 Å². The normalized spacial score (nSPS) is 32.3. The molecule has 2 unspecified atom stereocenters. The molecule has 11 heavy (non-hydrogen) atoms. The van der Waals surface area contributed by atoms with Gasteiger partial charge in [-0.1, -0.05) is 46.9 Å². The molecule has 2 N–H and O–H groups in total. The summed E-state index contributed by atoms with van der Waals surface area (Å²) in [5.74, 6) is 0. The Kier molecular flexibility index (Phi) is 3.13. The van der Waals surface area contributed by atoms with E-state index in [1.165, 1.54) is 0 Å². The number of alkyl halides is 1. The Morgan fingerprint density at radius 2 is 2.36 bits per heavy atom. The van der Waals surface area contributed by atoms with Gasteiger partial charge in [-0.25, -0.2) is 0 Å². The van der Waals surface area contributed by atoms with E-state index in [0.29, 0.717) is 6.04 Å². The van der Waals surface area contributed by atoms with Gasteiger partial charge in [0.2, 0.25) is 0 Å². The highest BCUT2D eigenvalue weighted by Gasteiger charge is 2.23. The summed E-state index contributed by atoms with van der Waals surface area (Å²) in [5, 5.41) is 0. The van der Waals surface area contributed by atoms with E-state index in [1.807, 2.05) is 0 Å². The fourth-order valence-corrected chi connectivity index (χ4v) is 2.48. The van der Waals surface area contributed by atoms with Crippen molar-refractivity contribution < 1.29 is 0 Å². The number of hydrogen-bond donors (Lipinski definition) is 1. The van der Waals surface area contributed by atoms with Crippen molar-refractivity contribution >= 4 is 22.6 Å². The number of hydrogen-bond acceptors (Lipinski definition) is 1. The number of allylic oxidation sites excluding steroid dienone is 4. The lowest BCUT2D eigenvalue weighted by molar-refractivity contribution is 0.585. The third kappa shape index (κ3) is 2.95. The quantitative estimate of drug-likeness (QED) is 0.601. The largest absolute Gasteiger partial charge is 0.328 e. The molecular formula is C9H14IN. The highest BCUT2D eigenvalue weighted by atomic mass is 127.